The highest BCUT2D eigenvalue weighted by Gasteiger charge is 2.15. The van der Waals surface area contributed by atoms with Gasteiger partial charge in [-0.1, -0.05) is 27.2 Å². The molecule has 0 aromatic carbocycles. The van der Waals surface area contributed by atoms with Gasteiger partial charge in [0.1, 0.15) is 0 Å². The summed E-state index contributed by atoms with van der Waals surface area (Å²) < 4.78 is 5.12. The molecule has 0 spiro atoms. The number of rotatable bonds is 9. The lowest BCUT2D eigenvalue weighted by Gasteiger charge is -2.23. The van der Waals surface area contributed by atoms with Gasteiger partial charge in [0.15, 0.2) is 0 Å². The summed E-state index contributed by atoms with van der Waals surface area (Å²) in [6, 6.07) is 0. The Morgan fingerprint density at radius 3 is 2.43 bits per heavy atom. The molecule has 2 nitrogen and oxygen atoms in total. The van der Waals surface area contributed by atoms with Crippen LogP contribution in [0.1, 0.15) is 40.0 Å². The standard InChI is InChI=1S/C12H27NO/c1-5-7-12(10-13-6-2)11(3)8-9-14-4/h11-13H,5-10H2,1-4H3. The Labute approximate surface area is 89.4 Å². The third kappa shape index (κ3) is 6.39. The van der Waals surface area contributed by atoms with Gasteiger partial charge >= 0.3 is 0 Å². The van der Waals surface area contributed by atoms with E-state index in [2.05, 4.69) is 26.1 Å². The molecule has 2 unspecified atom stereocenters. The molecule has 0 saturated carbocycles. The van der Waals surface area contributed by atoms with Crippen molar-refractivity contribution in [1.29, 1.82) is 0 Å². The van der Waals surface area contributed by atoms with Gasteiger partial charge in [-0.05, 0) is 37.8 Å². The van der Waals surface area contributed by atoms with Crippen LogP contribution in [-0.4, -0.2) is 26.8 Å². The zero-order valence-electron chi connectivity index (χ0n) is 10.3. The molecule has 14 heavy (non-hydrogen) atoms. The van der Waals surface area contributed by atoms with Crippen molar-refractivity contribution in [1.82, 2.24) is 5.32 Å². The maximum atomic E-state index is 5.12. The van der Waals surface area contributed by atoms with Crippen LogP contribution in [0.25, 0.3) is 0 Å². The normalized spacial score (nSPS) is 15.4. The highest BCUT2D eigenvalue weighted by atomic mass is 16.5. The van der Waals surface area contributed by atoms with E-state index < -0.39 is 0 Å². The Kier molecular flexibility index (Phi) is 9.42. The monoisotopic (exact) mass is 201 g/mol. The van der Waals surface area contributed by atoms with E-state index in [9.17, 15) is 0 Å². The molecule has 0 aliphatic heterocycles. The van der Waals surface area contributed by atoms with Crippen LogP contribution < -0.4 is 5.32 Å². The third-order valence-corrected chi connectivity index (χ3v) is 2.90. The first-order chi connectivity index (χ1) is 6.76. The summed E-state index contributed by atoms with van der Waals surface area (Å²) in [5, 5.41) is 3.45. The largest absolute Gasteiger partial charge is 0.385 e. The van der Waals surface area contributed by atoms with E-state index in [4.69, 9.17) is 4.74 Å². The van der Waals surface area contributed by atoms with Crippen molar-refractivity contribution in [2.24, 2.45) is 11.8 Å². The van der Waals surface area contributed by atoms with Gasteiger partial charge in [0.2, 0.25) is 0 Å². The average molecular weight is 201 g/mol. The Morgan fingerprint density at radius 1 is 1.21 bits per heavy atom. The zero-order valence-corrected chi connectivity index (χ0v) is 10.3. The number of ether oxygens (including phenoxy) is 1. The third-order valence-electron chi connectivity index (χ3n) is 2.90. The van der Waals surface area contributed by atoms with Crippen LogP contribution >= 0.6 is 0 Å². The summed E-state index contributed by atoms with van der Waals surface area (Å²) in [6.45, 7) is 9.92. The molecule has 0 heterocycles. The summed E-state index contributed by atoms with van der Waals surface area (Å²) in [6.07, 6.45) is 3.80. The SMILES string of the molecule is CCCC(CNCC)C(C)CCOC. The van der Waals surface area contributed by atoms with Gasteiger partial charge in [-0.25, -0.2) is 0 Å². The molecule has 2 atom stereocenters. The molecule has 0 amide bonds. The number of nitrogens with one attached hydrogen (secondary N) is 1. The van der Waals surface area contributed by atoms with E-state index in [-0.39, 0.29) is 0 Å². The molecule has 0 radical (unpaired) electrons. The summed E-state index contributed by atoms with van der Waals surface area (Å²) in [4.78, 5) is 0. The summed E-state index contributed by atoms with van der Waals surface area (Å²) in [5.74, 6) is 1.59. The smallest absolute Gasteiger partial charge is 0.0464 e. The van der Waals surface area contributed by atoms with Gasteiger partial charge in [0.25, 0.3) is 0 Å². The van der Waals surface area contributed by atoms with Crippen molar-refractivity contribution < 1.29 is 4.74 Å². The molecule has 0 aromatic heterocycles. The van der Waals surface area contributed by atoms with Crippen molar-refractivity contribution in [3.05, 3.63) is 0 Å². The molecule has 0 aliphatic rings. The van der Waals surface area contributed by atoms with Gasteiger partial charge in [-0.2, -0.15) is 0 Å². The highest BCUT2D eigenvalue weighted by Crippen LogP contribution is 2.19. The molecule has 0 fully saturated rings. The summed E-state index contributed by atoms with van der Waals surface area (Å²) in [7, 11) is 1.78. The predicted octanol–water partition coefficient (Wildman–Crippen LogP) is 2.68. The molecule has 86 valence electrons. The molecule has 0 rings (SSSR count). The van der Waals surface area contributed by atoms with Gasteiger partial charge in [0, 0.05) is 13.7 Å². The lowest BCUT2D eigenvalue weighted by molar-refractivity contribution is 0.161. The quantitative estimate of drug-likeness (QED) is 0.619. The van der Waals surface area contributed by atoms with E-state index in [1.807, 2.05) is 0 Å². The van der Waals surface area contributed by atoms with Crippen LogP contribution in [0.15, 0.2) is 0 Å². The second-order valence-electron chi connectivity index (χ2n) is 4.12. The maximum Gasteiger partial charge on any atom is 0.0464 e. The van der Waals surface area contributed by atoms with Crippen molar-refractivity contribution in [3.63, 3.8) is 0 Å². The van der Waals surface area contributed by atoms with Crippen LogP contribution in [0.2, 0.25) is 0 Å². The number of hydrogen-bond donors (Lipinski definition) is 1. The predicted molar refractivity (Wildman–Crippen MR) is 62.6 cm³/mol. The minimum absolute atomic E-state index is 0.772. The Bertz CT molecular complexity index is 117. The van der Waals surface area contributed by atoms with Crippen molar-refractivity contribution in [2.45, 2.75) is 40.0 Å². The lowest BCUT2D eigenvalue weighted by Crippen LogP contribution is -2.27. The molecular formula is C12H27NO. The van der Waals surface area contributed by atoms with Gasteiger partial charge < -0.3 is 10.1 Å². The van der Waals surface area contributed by atoms with Crippen molar-refractivity contribution in [3.8, 4) is 0 Å². The van der Waals surface area contributed by atoms with E-state index in [1.165, 1.54) is 19.3 Å². The molecule has 0 saturated heterocycles. The number of hydrogen-bond acceptors (Lipinski definition) is 2. The Hall–Kier alpha value is -0.0800. The van der Waals surface area contributed by atoms with Crippen LogP contribution in [0.4, 0.5) is 0 Å². The fourth-order valence-electron chi connectivity index (χ4n) is 1.83. The first-order valence-corrected chi connectivity index (χ1v) is 5.95. The van der Waals surface area contributed by atoms with E-state index in [0.717, 1.165) is 31.5 Å². The highest BCUT2D eigenvalue weighted by molar-refractivity contribution is 4.68. The first-order valence-electron chi connectivity index (χ1n) is 5.95. The van der Waals surface area contributed by atoms with Crippen molar-refractivity contribution >= 4 is 0 Å². The van der Waals surface area contributed by atoms with Crippen LogP contribution in [-0.2, 0) is 4.74 Å². The fraction of sp³-hybridized carbons (Fsp3) is 1.00. The van der Waals surface area contributed by atoms with Gasteiger partial charge in [0.05, 0.1) is 0 Å². The van der Waals surface area contributed by atoms with Crippen LogP contribution in [0.5, 0.6) is 0 Å². The maximum absolute atomic E-state index is 5.12. The summed E-state index contributed by atoms with van der Waals surface area (Å²) in [5.41, 5.74) is 0. The lowest BCUT2D eigenvalue weighted by atomic mass is 9.87. The molecule has 1 N–H and O–H groups in total. The fourth-order valence-corrected chi connectivity index (χ4v) is 1.83. The van der Waals surface area contributed by atoms with Crippen molar-refractivity contribution in [2.75, 3.05) is 26.8 Å². The number of methoxy groups -OCH3 is 1. The Balaban J connectivity index is 3.77. The second kappa shape index (κ2) is 9.47. The van der Waals surface area contributed by atoms with E-state index >= 15 is 0 Å². The van der Waals surface area contributed by atoms with Crippen LogP contribution in [0.3, 0.4) is 0 Å². The molecule has 2 heteroatoms. The van der Waals surface area contributed by atoms with E-state index in [1.54, 1.807) is 7.11 Å². The molecule has 0 aromatic rings. The van der Waals surface area contributed by atoms with Crippen LogP contribution in [0, 0.1) is 11.8 Å². The van der Waals surface area contributed by atoms with E-state index in [0.29, 0.717) is 0 Å². The first kappa shape index (κ1) is 13.9. The Morgan fingerprint density at radius 2 is 1.93 bits per heavy atom. The summed E-state index contributed by atoms with van der Waals surface area (Å²) >= 11 is 0. The molecule has 0 bridgehead atoms. The molecule has 0 aliphatic carbocycles. The minimum Gasteiger partial charge on any atom is -0.385 e. The topological polar surface area (TPSA) is 21.3 Å². The second-order valence-corrected chi connectivity index (χ2v) is 4.12. The minimum atomic E-state index is 0.772. The zero-order chi connectivity index (χ0) is 10.8. The van der Waals surface area contributed by atoms with Gasteiger partial charge in [-0.3, -0.25) is 0 Å². The average Bonchev–Trinajstić information content (AvgIpc) is 2.20. The molecular weight excluding hydrogens is 174 g/mol. The van der Waals surface area contributed by atoms with Gasteiger partial charge in [-0.15, -0.1) is 0 Å².